The Balaban J connectivity index is 2.58. The minimum atomic E-state index is -0.667. The Hall–Kier alpha value is -0.710. The lowest BCUT2D eigenvalue weighted by Crippen LogP contribution is -2.54. The highest BCUT2D eigenvalue weighted by atomic mass is 35.5. The number of rotatable bonds is 7. The summed E-state index contributed by atoms with van der Waals surface area (Å²) in [6.07, 6.45) is 0. The smallest absolute Gasteiger partial charge is 0.326 e. The van der Waals surface area contributed by atoms with Crippen LogP contribution in [0.3, 0.4) is 0 Å². The molecule has 1 N–H and O–H groups in total. The van der Waals surface area contributed by atoms with Crippen molar-refractivity contribution in [3.8, 4) is 0 Å². The van der Waals surface area contributed by atoms with Gasteiger partial charge in [0, 0.05) is 22.6 Å². The number of nitrogens with one attached hydrogen (secondary N) is 1. The molecular formula is C15H22ClNO2S. The van der Waals surface area contributed by atoms with Crippen LogP contribution in [0.25, 0.3) is 0 Å². The number of carbonyl (C=O) groups excluding carboxylic acids is 1. The van der Waals surface area contributed by atoms with Crippen LogP contribution in [0.2, 0.25) is 5.02 Å². The predicted molar refractivity (Wildman–Crippen MR) is 86.3 cm³/mol. The van der Waals surface area contributed by atoms with Crippen LogP contribution in [-0.4, -0.2) is 30.4 Å². The third-order valence-corrected chi connectivity index (χ3v) is 4.39. The molecule has 0 radical (unpaired) electrons. The molecule has 5 heteroatoms. The number of hydrogen-bond donors (Lipinski definition) is 1. The van der Waals surface area contributed by atoms with Crippen LogP contribution in [0.5, 0.6) is 0 Å². The van der Waals surface area contributed by atoms with E-state index in [9.17, 15) is 4.79 Å². The molecule has 0 aliphatic rings. The standard InChI is InChI=1S/C15H22ClNO2S/c1-11(2)17-15(3,14(18)19-4)10-20-9-12-5-7-13(16)8-6-12/h5-8,11,17H,9-10H2,1-4H3. The summed E-state index contributed by atoms with van der Waals surface area (Å²) >= 11 is 7.56. The zero-order chi connectivity index (χ0) is 15.2. The zero-order valence-corrected chi connectivity index (χ0v) is 14.0. The highest BCUT2D eigenvalue weighted by Crippen LogP contribution is 2.21. The minimum Gasteiger partial charge on any atom is -0.468 e. The maximum Gasteiger partial charge on any atom is 0.326 e. The van der Waals surface area contributed by atoms with Gasteiger partial charge in [-0.05, 0) is 38.5 Å². The van der Waals surface area contributed by atoms with Crippen molar-refractivity contribution in [3.05, 3.63) is 34.9 Å². The van der Waals surface area contributed by atoms with Crippen molar-refractivity contribution in [1.82, 2.24) is 5.32 Å². The molecule has 0 aromatic heterocycles. The topological polar surface area (TPSA) is 38.3 Å². The van der Waals surface area contributed by atoms with Crippen LogP contribution in [0.15, 0.2) is 24.3 Å². The number of carbonyl (C=O) groups is 1. The number of benzene rings is 1. The summed E-state index contributed by atoms with van der Waals surface area (Å²) in [5.74, 6) is 1.26. The zero-order valence-electron chi connectivity index (χ0n) is 12.4. The van der Waals surface area contributed by atoms with E-state index in [2.05, 4.69) is 5.32 Å². The van der Waals surface area contributed by atoms with Crippen molar-refractivity contribution < 1.29 is 9.53 Å². The highest BCUT2D eigenvalue weighted by molar-refractivity contribution is 7.98. The van der Waals surface area contributed by atoms with Crippen molar-refractivity contribution in [2.75, 3.05) is 12.9 Å². The van der Waals surface area contributed by atoms with E-state index < -0.39 is 5.54 Å². The Kier molecular flexibility index (Phi) is 6.86. The third-order valence-electron chi connectivity index (χ3n) is 2.82. The third kappa shape index (κ3) is 5.35. The lowest BCUT2D eigenvalue weighted by Gasteiger charge is -2.29. The number of thioether (sulfide) groups is 1. The molecule has 0 spiro atoms. The van der Waals surface area contributed by atoms with E-state index in [1.165, 1.54) is 12.7 Å². The average Bonchev–Trinajstić information content (AvgIpc) is 2.39. The largest absolute Gasteiger partial charge is 0.468 e. The van der Waals surface area contributed by atoms with Crippen molar-refractivity contribution in [3.63, 3.8) is 0 Å². The van der Waals surface area contributed by atoms with Gasteiger partial charge in [-0.3, -0.25) is 10.1 Å². The Labute approximate surface area is 130 Å². The van der Waals surface area contributed by atoms with Gasteiger partial charge >= 0.3 is 5.97 Å². The van der Waals surface area contributed by atoms with Gasteiger partial charge in [0.2, 0.25) is 0 Å². The van der Waals surface area contributed by atoms with Crippen LogP contribution < -0.4 is 5.32 Å². The first-order valence-electron chi connectivity index (χ1n) is 6.55. The fourth-order valence-electron chi connectivity index (χ4n) is 1.98. The molecule has 1 aromatic carbocycles. The molecule has 1 unspecified atom stereocenters. The lowest BCUT2D eigenvalue weighted by atomic mass is 10.0. The van der Waals surface area contributed by atoms with E-state index in [1.54, 1.807) is 11.8 Å². The molecule has 0 aliphatic heterocycles. The quantitative estimate of drug-likeness (QED) is 0.782. The number of methoxy groups -OCH3 is 1. The molecule has 0 bridgehead atoms. The maximum atomic E-state index is 11.9. The molecule has 0 amide bonds. The van der Waals surface area contributed by atoms with Crippen LogP contribution in [0, 0.1) is 0 Å². The first-order chi connectivity index (χ1) is 9.37. The molecule has 20 heavy (non-hydrogen) atoms. The molecule has 1 aromatic rings. The summed E-state index contributed by atoms with van der Waals surface area (Å²) in [6.45, 7) is 5.92. The normalized spacial score (nSPS) is 14.1. The van der Waals surface area contributed by atoms with Crippen LogP contribution in [0.1, 0.15) is 26.3 Å². The molecule has 0 heterocycles. The van der Waals surface area contributed by atoms with Gasteiger partial charge in [-0.25, -0.2) is 0 Å². The Morgan fingerprint density at radius 3 is 2.50 bits per heavy atom. The molecule has 1 atom stereocenters. The van der Waals surface area contributed by atoms with E-state index in [-0.39, 0.29) is 12.0 Å². The Morgan fingerprint density at radius 2 is 2.00 bits per heavy atom. The van der Waals surface area contributed by atoms with Gasteiger partial charge in [0.15, 0.2) is 0 Å². The van der Waals surface area contributed by atoms with Gasteiger partial charge in [0.25, 0.3) is 0 Å². The Morgan fingerprint density at radius 1 is 1.40 bits per heavy atom. The van der Waals surface area contributed by atoms with Gasteiger partial charge in [0.05, 0.1) is 7.11 Å². The monoisotopic (exact) mass is 315 g/mol. The number of hydrogen-bond acceptors (Lipinski definition) is 4. The van der Waals surface area contributed by atoms with Gasteiger partial charge < -0.3 is 4.74 Å². The summed E-state index contributed by atoms with van der Waals surface area (Å²) < 4.78 is 4.90. The lowest BCUT2D eigenvalue weighted by molar-refractivity contribution is -0.147. The maximum absolute atomic E-state index is 11.9. The van der Waals surface area contributed by atoms with Crippen LogP contribution in [0.4, 0.5) is 0 Å². The first-order valence-corrected chi connectivity index (χ1v) is 8.09. The van der Waals surface area contributed by atoms with E-state index in [1.807, 2.05) is 45.0 Å². The Bertz CT molecular complexity index is 436. The van der Waals surface area contributed by atoms with Crippen LogP contribution in [-0.2, 0) is 15.3 Å². The van der Waals surface area contributed by atoms with E-state index in [0.717, 1.165) is 10.8 Å². The fourth-order valence-corrected chi connectivity index (χ4v) is 3.24. The van der Waals surface area contributed by atoms with Gasteiger partial charge in [-0.2, -0.15) is 11.8 Å². The molecule has 112 valence electrons. The SMILES string of the molecule is COC(=O)C(C)(CSCc1ccc(Cl)cc1)NC(C)C. The first kappa shape index (κ1) is 17.3. The van der Waals surface area contributed by atoms with Gasteiger partial charge in [0.1, 0.15) is 5.54 Å². The van der Waals surface area contributed by atoms with Gasteiger partial charge in [-0.15, -0.1) is 0 Å². The average molecular weight is 316 g/mol. The number of halogens is 1. The number of esters is 1. The molecule has 0 saturated heterocycles. The van der Waals surface area contributed by atoms with Gasteiger partial charge in [-0.1, -0.05) is 23.7 Å². The second-order valence-corrected chi connectivity index (χ2v) is 6.66. The van der Waals surface area contributed by atoms with Crippen molar-refractivity contribution in [2.45, 2.75) is 38.1 Å². The summed E-state index contributed by atoms with van der Waals surface area (Å²) in [5.41, 5.74) is 0.524. The number of ether oxygens (including phenoxy) is 1. The predicted octanol–water partition coefficient (Wildman–Crippen LogP) is 3.50. The van der Waals surface area contributed by atoms with E-state index >= 15 is 0 Å². The van der Waals surface area contributed by atoms with Crippen LogP contribution >= 0.6 is 23.4 Å². The summed E-state index contributed by atoms with van der Waals surface area (Å²) in [7, 11) is 1.42. The van der Waals surface area contributed by atoms with E-state index in [4.69, 9.17) is 16.3 Å². The van der Waals surface area contributed by atoms with Crippen molar-refractivity contribution in [1.29, 1.82) is 0 Å². The fraction of sp³-hybridized carbons (Fsp3) is 0.533. The second kappa shape index (κ2) is 7.91. The van der Waals surface area contributed by atoms with Crippen molar-refractivity contribution >= 4 is 29.3 Å². The molecule has 0 saturated carbocycles. The molecule has 3 nitrogen and oxygen atoms in total. The second-order valence-electron chi connectivity index (χ2n) is 5.24. The summed E-state index contributed by atoms with van der Waals surface area (Å²) in [4.78, 5) is 11.9. The molecule has 1 rings (SSSR count). The van der Waals surface area contributed by atoms with Crippen molar-refractivity contribution in [2.24, 2.45) is 0 Å². The summed E-state index contributed by atoms with van der Waals surface area (Å²) in [6, 6.07) is 7.98. The van der Waals surface area contributed by atoms with E-state index in [0.29, 0.717) is 5.75 Å². The molecule has 0 aliphatic carbocycles. The highest BCUT2D eigenvalue weighted by Gasteiger charge is 2.34. The molecule has 0 fully saturated rings. The molecular weight excluding hydrogens is 294 g/mol. The minimum absolute atomic E-state index is 0.218. The summed E-state index contributed by atoms with van der Waals surface area (Å²) in [5, 5.41) is 4.02.